The van der Waals surface area contributed by atoms with Gasteiger partial charge in [0.1, 0.15) is 0 Å². The second-order valence-electron chi connectivity index (χ2n) is 5.24. The molecule has 1 N–H and O–H groups in total. The first-order valence-corrected chi connectivity index (χ1v) is 6.77. The Balaban J connectivity index is 1.74. The number of rotatable bonds is 4. The van der Waals surface area contributed by atoms with Crippen molar-refractivity contribution in [3.05, 3.63) is 35.9 Å². The maximum Gasteiger partial charge on any atom is 0.0193 e. The van der Waals surface area contributed by atoms with Crippen LogP contribution in [0, 0.1) is 0 Å². The standard InChI is InChI=1S/C15H24N2/c1-13-12-17(14(2)11-16-13)10-6-9-15-7-4-3-5-8-15/h3-5,7-8,13-14,16H,6,9-12H2,1-2H3/t13-,14-/m0/s1. The largest absolute Gasteiger partial charge is 0.311 e. The van der Waals surface area contributed by atoms with Crippen LogP contribution < -0.4 is 5.32 Å². The SMILES string of the molecule is C[C@H]1CN(CCCc2ccccc2)[C@@H](C)CN1. The molecule has 0 radical (unpaired) electrons. The first-order chi connectivity index (χ1) is 8.25. The topological polar surface area (TPSA) is 15.3 Å². The summed E-state index contributed by atoms with van der Waals surface area (Å²) in [7, 11) is 0. The lowest BCUT2D eigenvalue weighted by molar-refractivity contribution is 0.145. The van der Waals surface area contributed by atoms with Crippen molar-refractivity contribution in [1.29, 1.82) is 0 Å². The molecule has 1 aromatic rings. The van der Waals surface area contributed by atoms with E-state index in [4.69, 9.17) is 0 Å². The van der Waals surface area contributed by atoms with Crippen LogP contribution in [0.2, 0.25) is 0 Å². The highest BCUT2D eigenvalue weighted by atomic mass is 15.2. The first-order valence-electron chi connectivity index (χ1n) is 6.77. The van der Waals surface area contributed by atoms with Crippen molar-refractivity contribution in [2.75, 3.05) is 19.6 Å². The molecule has 2 rings (SSSR count). The number of piperazine rings is 1. The summed E-state index contributed by atoms with van der Waals surface area (Å²) in [6.45, 7) is 8.14. The molecule has 1 aliphatic heterocycles. The number of aryl methyl sites for hydroxylation is 1. The van der Waals surface area contributed by atoms with Gasteiger partial charge >= 0.3 is 0 Å². The Morgan fingerprint density at radius 2 is 2.00 bits per heavy atom. The molecule has 17 heavy (non-hydrogen) atoms. The molecule has 2 heteroatoms. The van der Waals surface area contributed by atoms with Crippen molar-refractivity contribution in [3.8, 4) is 0 Å². The number of hydrogen-bond acceptors (Lipinski definition) is 2. The zero-order valence-electron chi connectivity index (χ0n) is 11.0. The van der Waals surface area contributed by atoms with E-state index in [1.54, 1.807) is 0 Å². The third kappa shape index (κ3) is 3.83. The van der Waals surface area contributed by atoms with Gasteiger partial charge in [-0.3, -0.25) is 4.90 Å². The molecule has 94 valence electrons. The molecule has 1 aliphatic rings. The van der Waals surface area contributed by atoms with Crippen LogP contribution in [0.25, 0.3) is 0 Å². The summed E-state index contributed by atoms with van der Waals surface area (Å²) in [4.78, 5) is 2.62. The van der Waals surface area contributed by atoms with Crippen LogP contribution in [-0.2, 0) is 6.42 Å². The van der Waals surface area contributed by atoms with Crippen molar-refractivity contribution in [2.45, 2.75) is 38.8 Å². The fourth-order valence-corrected chi connectivity index (χ4v) is 2.54. The summed E-state index contributed by atoms with van der Waals surface area (Å²) in [5, 5.41) is 3.53. The Morgan fingerprint density at radius 1 is 1.24 bits per heavy atom. The Bertz CT molecular complexity index is 323. The van der Waals surface area contributed by atoms with E-state index in [0.29, 0.717) is 12.1 Å². The van der Waals surface area contributed by atoms with Gasteiger partial charge in [-0.05, 0) is 38.8 Å². The quantitative estimate of drug-likeness (QED) is 0.857. The van der Waals surface area contributed by atoms with Crippen molar-refractivity contribution in [1.82, 2.24) is 10.2 Å². The molecule has 0 amide bonds. The predicted octanol–water partition coefficient (Wildman–Crippen LogP) is 2.30. The smallest absolute Gasteiger partial charge is 0.0193 e. The summed E-state index contributed by atoms with van der Waals surface area (Å²) >= 11 is 0. The molecule has 1 saturated heterocycles. The zero-order valence-corrected chi connectivity index (χ0v) is 11.0. The highest BCUT2D eigenvalue weighted by molar-refractivity contribution is 5.14. The van der Waals surface area contributed by atoms with Crippen LogP contribution in [0.4, 0.5) is 0 Å². The van der Waals surface area contributed by atoms with E-state index < -0.39 is 0 Å². The molecule has 0 unspecified atom stereocenters. The molecule has 0 spiro atoms. The third-order valence-corrected chi connectivity index (χ3v) is 3.65. The second kappa shape index (κ2) is 6.18. The van der Waals surface area contributed by atoms with E-state index in [1.165, 1.54) is 31.5 Å². The fourth-order valence-electron chi connectivity index (χ4n) is 2.54. The van der Waals surface area contributed by atoms with Gasteiger partial charge in [0.05, 0.1) is 0 Å². The average Bonchev–Trinajstić information content (AvgIpc) is 2.35. The van der Waals surface area contributed by atoms with Gasteiger partial charge in [-0.25, -0.2) is 0 Å². The van der Waals surface area contributed by atoms with Crippen LogP contribution in [-0.4, -0.2) is 36.6 Å². The van der Waals surface area contributed by atoms with Gasteiger partial charge < -0.3 is 5.32 Å². The maximum atomic E-state index is 3.53. The maximum absolute atomic E-state index is 3.53. The Kier molecular flexibility index (Phi) is 4.57. The molecule has 1 heterocycles. The summed E-state index contributed by atoms with van der Waals surface area (Å²) in [6, 6.07) is 12.1. The minimum atomic E-state index is 0.642. The van der Waals surface area contributed by atoms with Gasteiger partial charge in [-0.15, -0.1) is 0 Å². The molecule has 0 saturated carbocycles. The molecular formula is C15H24N2. The molecule has 1 aromatic carbocycles. The summed E-state index contributed by atoms with van der Waals surface area (Å²) in [6.07, 6.45) is 2.47. The van der Waals surface area contributed by atoms with Crippen molar-refractivity contribution in [2.24, 2.45) is 0 Å². The van der Waals surface area contributed by atoms with Crippen molar-refractivity contribution in [3.63, 3.8) is 0 Å². The second-order valence-corrected chi connectivity index (χ2v) is 5.24. The molecule has 2 atom stereocenters. The van der Waals surface area contributed by atoms with E-state index in [2.05, 4.69) is 54.4 Å². The van der Waals surface area contributed by atoms with Crippen LogP contribution in [0.3, 0.4) is 0 Å². The highest BCUT2D eigenvalue weighted by Crippen LogP contribution is 2.09. The monoisotopic (exact) mass is 232 g/mol. The van der Waals surface area contributed by atoms with Gasteiger partial charge in [0.2, 0.25) is 0 Å². The molecule has 2 nitrogen and oxygen atoms in total. The lowest BCUT2D eigenvalue weighted by atomic mass is 10.1. The number of benzene rings is 1. The average molecular weight is 232 g/mol. The summed E-state index contributed by atoms with van der Waals surface area (Å²) < 4.78 is 0. The Labute approximate surface area is 105 Å². The van der Waals surface area contributed by atoms with E-state index in [-0.39, 0.29) is 0 Å². The minimum Gasteiger partial charge on any atom is -0.311 e. The molecule has 0 aliphatic carbocycles. The third-order valence-electron chi connectivity index (χ3n) is 3.65. The van der Waals surface area contributed by atoms with Gasteiger partial charge in [0.15, 0.2) is 0 Å². The zero-order chi connectivity index (χ0) is 12.1. The Hall–Kier alpha value is -0.860. The highest BCUT2D eigenvalue weighted by Gasteiger charge is 2.21. The first kappa shape index (κ1) is 12.6. The van der Waals surface area contributed by atoms with Crippen LogP contribution >= 0.6 is 0 Å². The lowest BCUT2D eigenvalue weighted by Crippen LogP contribution is -2.54. The molecule has 0 bridgehead atoms. The lowest BCUT2D eigenvalue weighted by Gasteiger charge is -2.37. The van der Waals surface area contributed by atoms with Crippen LogP contribution in [0.15, 0.2) is 30.3 Å². The van der Waals surface area contributed by atoms with E-state index >= 15 is 0 Å². The predicted molar refractivity (Wildman–Crippen MR) is 73.3 cm³/mol. The van der Waals surface area contributed by atoms with Crippen LogP contribution in [0.5, 0.6) is 0 Å². The molecular weight excluding hydrogens is 208 g/mol. The minimum absolute atomic E-state index is 0.642. The van der Waals surface area contributed by atoms with Crippen molar-refractivity contribution >= 4 is 0 Å². The van der Waals surface area contributed by atoms with Gasteiger partial charge in [0, 0.05) is 25.2 Å². The van der Waals surface area contributed by atoms with E-state index in [1.807, 2.05) is 0 Å². The van der Waals surface area contributed by atoms with Crippen LogP contribution in [0.1, 0.15) is 25.8 Å². The number of nitrogens with zero attached hydrogens (tertiary/aromatic N) is 1. The molecule has 0 aromatic heterocycles. The Morgan fingerprint density at radius 3 is 2.76 bits per heavy atom. The van der Waals surface area contributed by atoms with Crippen molar-refractivity contribution < 1.29 is 0 Å². The van der Waals surface area contributed by atoms with E-state index in [9.17, 15) is 0 Å². The number of hydrogen-bond donors (Lipinski definition) is 1. The van der Waals surface area contributed by atoms with Gasteiger partial charge in [-0.2, -0.15) is 0 Å². The fraction of sp³-hybridized carbons (Fsp3) is 0.600. The van der Waals surface area contributed by atoms with E-state index in [0.717, 1.165) is 6.54 Å². The number of nitrogens with one attached hydrogen (secondary N) is 1. The van der Waals surface area contributed by atoms with Gasteiger partial charge in [-0.1, -0.05) is 30.3 Å². The summed E-state index contributed by atoms with van der Waals surface area (Å²) in [5.74, 6) is 0. The normalized spacial score (nSPS) is 26.0. The van der Waals surface area contributed by atoms with Gasteiger partial charge in [0.25, 0.3) is 0 Å². The molecule has 1 fully saturated rings. The summed E-state index contributed by atoms with van der Waals surface area (Å²) in [5.41, 5.74) is 1.46.